The lowest BCUT2D eigenvalue weighted by molar-refractivity contribution is -0.140. The van der Waals surface area contributed by atoms with Gasteiger partial charge in [-0.1, -0.05) is 6.07 Å². The molecular weight excluding hydrogens is 258 g/mol. The van der Waals surface area contributed by atoms with Gasteiger partial charge in [-0.2, -0.15) is 0 Å². The van der Waals surface area contributed by atoms with Gasteiger partial charge in [-0.3, -0.25) is 19.6 Å². The molecule has 0 atom stereocenters. The van der Waals surface area contributed by atoms with Gasteiger partial charge in [-0.25, -0.2) is 0 Å². The van der Waals surface area contributed by atoms with Crippen molar-refractivity contribution in [1.82, 2.24) is 14.9 Å². The van der Waals surface area contributed by atoms with Crippen molar-refractivity contribution in [1.29, 1.82) is 0 Å². The van der Waals surface area contributed by atoms with Gasteiger partial charge in [0.2, 0.25) is 0 Å². The molecular formula is C14H15N3O3. The molecule has 2 rings (SSSR count). The Hall–Kier alpha value is -2.50. The van der Waals surface area contributed by atoms with E-state index in [1.54, 1.807) is 37.6 Å². The number of carbonyl (C=O) groups is 2. The number of amides is 1. The topological polar surface area (TPSA) is 72.4 Å². The average Bonchev–Trinajstić information content (AvgIpc) is 2.50. The number of esters is 1. The molecule has 6 heteroatoms. The predicted molar refractivity (Wildman–Crippen MR) is 73.1 cm³/mol. The molecule has 0 aliphatic rings. The number of methoxy groups -OCH3 is 1. The van der Waals surface area contributed by atoms with Crippen LogP contribution in [-0.2, 0) is 9.53 Å². The lowest BCUT2D eigenvalue weighted by atomic mass is 10.1. The maximum atomic E-state index is 12.4. The van der Waals surface area contributed by atoms with E-state index in [-0.39, 0.29) is 18.3 Å². The molecule has 2 aromatic rings. The largest absolute Gasteiger partial charge is 0.469 e. The van der Waals surface area contributed by atoms with E-state index in [4.69, 9.17) is 0 Å². The van der Waals surface area contributed by atoms with E-state index in [9.17, 15) is 9.59 Å². The fourth-order valence-corrected chi connectivity index (χ4v) is 1.83. The second kappa shape index (κ2) is 6.10. The van der Waals surface area contributed by atoms with Gasteiger partial charge in [-0.15, -0.1) is 0 Å². The van der Waals surface area contributed by atoms with Crippen LogP contribution in [0.2, 0.25) is 0 Å². The van der Waals surface area contributed by atoms with Crippen LogP contribution in [0.4, 0.5) is 0 Å². The van der Waals surface area contributed by atoms with E-state index in [1.165, 1.54) is 12.0 Å². The standard InChI is InChI=1S/C14H15N3O3/c1-17(9-6-12(18)20-2)14(19)10-4-3-5-11-13(10)16-8-7-15-11/h3-5,7-8H,6,9H2,1-2H3. The SMILES string of the molecule is COC(=O)CCN(C)C(=O)c1cccc2nccnc12. The summed E-state index contributed by atoms with van der Waals surface area (Å²) in [6.07, 6.45) is 3.29. The van der Waals surface area contributed by atoms with Crippen molar-refractivity contribution in [2.24, 2.45) is 0 Å². The molecule has 0 aliphatic heterocycles. The number of carbonyl (C=O) groups excluding carboxylic acids is 2. The van der Waals surface area contributed by atoms with Crippen LogP contribution >= 0.6 is 0 Å². The average molecular weight is 273 g/mol. The zero-order valence-corrected chi connectivity index (χ0v) is 11.4. The Morgan fingerprint density at radius 1 is 1.25 bits per heavy atom. The summed E-state index contributed by atoms with van der Waals surface area (Å²) in [6.45, 7) is 0.294. The van der Waals surface area contributed by atoms with E-state index < -0.39 is 0 Å². The summed E-state index contributed by atoms with van der Waals surface area (Å²) < 4.78 is 4.56. The molecule has 20 heavy (non-hydrogen) atoms. The van der Waals surface area contributed by atoms with Crippen molar-refractivity contribution in [3.05, 3.63) is 36.2 Å². The highest BCUT2D eigenvalue weighted by atomic mass is 16.5. The summed E-state index contributed by atoms with van der Waals surface area (Å²) in [6, 6.07) is 5.26. The highest BCUT2D eigenvalue weighted by molar-refractivity contribution is 6.04. The molecule has 0 spiro atoms. The Labute approximate surface area is 116 Å². The second-order valence-electron chi connectivity index (χ2n) is 4.28. The Kier molecular flexibility index (Phi) is 4.24. The molecule has 1 aromatic heterocycles. The summed E-state index contributed by atoms with van der Waals surface area (Å²) in [5.41, 5.74) is 1.70. The predicted octanol–water partition coefficient (Wildman–Crippen LogP) is 1.26. The first kappa shape index (κ1) is 13.9. The first-order chi connectivity index (χ1) is 9.63. The van der Waals surface area contributed by atoms with Crippen LogP contribution in [0.5, 0.6) is 0 Å². The third-order valence-electron chi connectivity index (χ3n) is 2.95. The number of hydrogen-bond donors (Lipinski definition) is 0. The van der Waals surface area contributed by atoms with Gasteiger partial charge in [0, 0.05) is 26.0 Å². The normalized spacial score (nSPS) is 10.3. The van der Waals surface area contributed by atoms with Crippen molar-refractivity contribution in [3.63, 3.8) is 0 Å². The van der Waals surface area contributed by atoms with Crippen LogP contribution in [0.1, 0.15) is 16.8 Å². The minimum atomic E-state index is -0.345. The van der Waals surface area contributed by atoms with Gasteiger partial charge in [0.1, 0.15) is 5.52 Å². The van der Waals surface area contributed by atoms with Gasteiger partial charge in [0.15, 0.2) is 0 Å². The van der Waals surface area contributed by atoms with Gasteiger partial charge in [0.05, 0.1) is 24.6 Å². The number of fused-ring (bicyclic) bond motifs is 1. The second-order valence-corrected chi connectivity index (χ2v) is 4.28. The molecule has 1 heterocycles. The summed E-state index contributed by atoms with van der Waals surface area (Å²) in [5, 5.41) is 0. The Morgan fingerprint density at radius 3 is 2.75 bits per heavy atom. The molecule has 6 nitrogen and oxygen atoms in total. The minimum absolute atomic E-state index is 0.162. The maximum Gasteiger partial charge on any atom is 0.307 e. The zero-order chi connectivity index (χ0) is 14.5. The molecule has 0 N–H and O–H groups in total. The molecule has 0 bridgehead atoms. The van der Waals surface area contributed by atoms with E-state index in [1.807, 2.05) is 0 Å². The number of ether oxygens (including phenoxy) is 1. The highest BCUT2D eigenvalue weighted by Gasteiger charge is 2.16. The third-order valence-corrected chi connectivity index (χ3v) is 2.95. The molecule has 0 saturated heterocycles. The van der Waals surface area contributed by atoms with Crippen LogP contribution in [0.15, 0.2) is 30.6 Å². The molecule has 0 radical (unpaired) electrons. The van der Waals surface area contributed by atoms with Crippen molar-refractivity contribution in [2.45, 2.75) is 6.42 Å². The van der Waals surface area contributed by atoms with Crippen molar-refractivity contribution >= 4 is 22.9 Å². The number of benzene rings is 1. The first-order valence-electron chi connectivity index (χ1n) is 6.15. The molecule has 0 unspecified atom stereocenters. The fraction of sp³-hybridized carbons (Fsp3) is 0.286. The number of para-hydroxylation sites is 1. The Balaban J connectivity index is 2.21. The molecule has 104 valence electrons. The van der Waals surface area contributed by atoms with Crippen LogP contribution in [0.3, 0.4) is 0 Å². The first-order valence-corrected chi connectivity index (χ1v) is 6.15. The third kappa shape index (κ3) is 2.90. The summed E-state index contributed by atoms with van der Waals surface area (Å²) in [7, 11) is 2.96. The smallest absolute Gasteiger partial charge is 0.307 e. The van der Waals surface area contributed by atoms with Gasteiger partial charge < -0.3 is 9.64 Å². The van der Waals surface area contributed by atoms with E-state index in [2.05, 4.69) is 14.7 Å². The monoisotopic (exact) mass is 273 g/mol. The molecule has 0 aliphatic carbocycles. The fourth-order valence-electron chi connectivity index (χ4n) is 1.83. The number of hydrogen-bond acceptors (Lipinski definition) is 5. The quantitative estimate of drug-likeness (QED) is 0.784. The van der Waals surface area contributed by atoms with Crippen LogP contribution in [0, 0.1) is 0 Å². The van der Waals surface area contributed by atoms with E-state index >= 15 is 0 Å². The summed E-state index contributed by atoms with van der Waals surface area (Å²) >= 11 is 0. The van der Waals surface area contributed by atoms with Gasteiger partial charge >= 0.3 is 5.97 Å². The molecule has 0 saturated carbocycles. The number of rotatable bonds is 4. The van der Waals surface area contributed by atoms with Crippen molar-refractivity contribution in [3.8, 4) is 0 Å². The molecule has 1 amide bonds. The molecule has 1 aromatic carbocycles. The zero-order valence-electron chi connectivity index (χ0n) is 11.4. The van der Waals surface area contributed by atoms with Gasteiger partial charge in [-0.05, 0) is 12.1 Å². The highest BCUT2D eigenvalue weighted by Crippen LogP contribution is 2.15. The lowest BCUT2D eigenvalue weighted by Crippen LogP contribution is -2.29. The Morgan fingerprint density at radius 2 is 2.00 bits per heavy atom. The summed E-state index contributed by atoms with van der Waals surface area (Å²) in [5.74, 6) is -0.539. The van der Waals surface area contributed by atoms with E-state index in [0.717, 1.165) is 0 Å². The van der Waals surface area contributed by atoms with Crippen LogP contribution in [0.25, 0.3) is 11.0 Å². The summed E-state index contributed by atoms with van der Waals surface area (Å²) in [4.78, 5) is 33.3. The van der Waals surface area contributed by atoms with E-state index in [0.29, 0.717) is 23.1 Å². The Bertz CT molecular complexity index is 637. The maximum absolute atomic E-state index is 12.4. The lowest BCUT2D eigenvalue weighted by Gasteiger charge is -2.17. The number of nitrogens with zero attached hydrogens (tertiary/aromatic N) is 3. The van der Waals surface area contributed by atoms with Gasteiger partial charge in [0.25, 0.3) is 5.91 Å². The molecule has 0 fully saturated rings. The van der Waals surface area contributed by atoms with Crippen LogP contribution < -0.4 is 0 Å². The minimum Gasteiger partial charge on any atom is -0.469 e. The van der Waals surface area contributed by atoms with Crippen molar-refractivity contribution in [2.75, 3.05) is 20.7 Å². The number of aromatic nitrogens is 2. The van der Waals surface area contributed by atoms with Crippen molar-refractivity contribution < 1.29 is 14.3 Å². The van der Waals surface area contributed by atoms with Crippen LogP contribution in [-0.4, -0.2) is 47.4 Å².